The van der Waals surface area contributed by atoms with Gasteiger partial charge in [0.25, 0.3) is 5.91 Å². The van der Waals surface area contributed by atoms with E-state index in [9.17, 15) is 31.2 Å². The zero-order valence-electron chi connectivity index (χ0n) is 19.3. The lowest BCUT2D eigenvalue weighted by molar-refractivity contribution is -0.137. The van der Waals surface area contributed by atoms with E-state index >= 15 is 0 Å². The molecule has 1 aliphatic carbocycles. The molecule has 0 aliphatic heterocycles. The second-order valence-corrected chi connectivity index (χ2v) is 11.2. The summed E-state index contributed by atoms with van der Waals surface area (Å²) in [7, 11) is -1.28. The van der Waals surface area contributed by atoms with Crippen LogP contribution in [-0.2, 0) is 20.8 Å². The number of nitrogens with one attached hydrogen (secondary N) is 2. The second kappa shape index (κ2) is 10.9. The number of carbonyl (C=O) groups excluding carboxylic acids is 2. The van der Waals surface area contributed by atoms with Gasteiger partial charge in [0.15, 0.2) is 0 Å². The average molecular weight is 492 g/mol. The predicted octanol–water partition coefficient (Wildman–Crippen LogP) is 2.47. The minimum atomic E-state index is -4.58. The van der Waals surface area contributed by atoms with Crippen molar-refractivity contribution >= 4 is 21.7 Å². The maximum absolute atomic E-state index is 12.8. The molecule has 7 nitrogen and oxygen atoms in total. The summed E-state index contributed by atoms with van der Waals surface area (Å²) < 4.78 is 62.4. The number of carbonyl (C=O) groups is 2. The molecule has 1 aromatic carbocycles. The zero-order valence-corrected chi connectivity index (χ0v) is 20.1. The Morgan fingerprint density at radius 1 is 1.21 bits per heavy atom. The third-order valence-electron chi connectivity index (χ3n) is 6.07. The molecule has 0 spiro atoms. The highest BCUT2D eigenvalue weighted by molar-refractivity contribution is 7.90. The largest absolute Gasteiger partial charge is 0.416 e. The Morgan fingerprint density at radius 3 is 2.45 bits per heavy atom. The van der Waals surface area contributed by atoms with Crippen molar-refractivity contribution in [2.45, 2.75) is 57.4 Å². The number of nitrogens with zero attached hydrogens (tertiary/aromatic N) is 1. The molecule has 2 amide bonds. The van der Waals surface area contributed by atoms with Gasteiger partial charge in [-0.15, -0.1) is 0 Å². The third-order valence-corrected chi connectivity index (χ3v) is 7.10. The SMILES string of the molecule is CC(C)N(C)[C@@H]1CC[C@H](NC(=O)CNC(=O)c2cccc(C(F)(F)F)c2)[C@H](CS(C)(=O)=O)C1. The van der Waals surface area contributed by atoms with Crippen molar-refractivity contribution in [1.82, 2.24) is 15.5 Å². The van der Waals surface area contributed by atoms with Crippen LogP contribution in [0.4, 0.5) is 13.2 Å². The standard InChI is InChI=1S/C22H32F3N3O4S/c1-14(2)28(3)18-8-9-19(16(11-18)13-33(4,31)32)27-20(29)12-26-21(30)15-6-5-7-17(10-15)22(23,24)25/h5-7,10,14,16,18-19H,8-9,11-13H2,1-4H3,(H,26,30)(H,27,29)/t16-,18+,19-/m0/s1. The number of rotatable bonds is 8. The summed E-state index contributed by atoms with van der Waals surface area (Å²) in [5.41, 5.74) is -1.16. The monoisotopic (exact) mass is 491 g/mol. The van der Waals surface area contributed by atoms with E-state index in [1.807, 2.05) is 7.05 Å². The van der Waals surface area contributed by atoms with Crippen molar-refractivity contribution in [3.05, 3.63) is 35.4 Å². The Balaban J connectivity index is 1.99. The molecule has 0 saturated heterocycles. The van der Waals surface area contributed by atoms with Gasteiger partial charge < -0.3 is 15.5 Å². The van der Waals surface area contributed by atoms with Gasteiger partial charge in [-0.3, -0.25) is 9.59 Å². The highest BCUT2D eigenvalue weighted by atomic mass is 32.2. The maximum atomic E-state index is 12.8. The lowest BCUT2D eigenvalue weighted by atomic mass is 9.81. The van der Waals surface area contributed by atoms with E-state index in [2.05, 4.69) is 29.4 Å². The van der Waals surface area contributed by atoms with Crippen LogP contribution in [0, 0.1) is 5.92 Å². The van der Waals surface area contributed by atoms with Crippen molar-refractivity contribution in [2.24, 2.45) is 5.92 Å². The summed E-state index contributed by atoms with van der Waals surface area (Å²) >= 11 is 0. The first-order chi connectivity index (χ1) is 15.2. The molecule has 1 aliphatic rings. The summed E-state index contributed by atoms with van der Waals surface area (Å²) in [6.45, 7) is 3.70. The number of alkyl halides is 3. The van der Waals surface area contributed by atoms with Crippen LogP contribution in [0.3, 0.4) is 0 Å². The van der Waals surface area contributed by atoms with Gasteiger partial charge in [0.2, 0.25) is 5.91 Å². The highest BCUT2D eigenvalue weighted by Crippen LogP contribution is 2.30. The van der Waals surface area contributed by atoms with E-state index in [4.69, 9.17) is 0 Å². The first kappa shape index (κ1) is 27.1. The lowest BCUT2D eigenvalue weighted by Gasteiger charge is -2.41. The van der Waals surface area contributed by atoms with Crippen LogP contribution in [0.15, 0.2) is 24.3 Å². The van der Waals surface area contributed by atoms with Crippen LogP contribution in [0.25, 0.3) is 0 Å². The van der Waals surface area contributed by atoms with Gasteiger partial charge in [-0.25, -0.2) is 8.42 Å². The number of hydrogen-bond donors (Lipinski definition) is 2. The summed E-state index contributed by atoms with van der Waals surface area (Å²) in [6, 6.07) is 4.07. The molecule has 1 aromatic rings. The van der Waals surface area contributed by atoms with Crippen molar-refractivity contribution in [3.8, 4) is 0 Å². The molecule has 0 unspecified atom stereocenters. The van der Waals surface area contributed by atoms with Crippen LogP contribution in [-0.4, -0.2) is 68.9 Å². The minimum Gasteiger partial charge on any atom is -0.352 e. The Hall–Kier alpha value is -2.14. The van der Waals surface area contributed by atoms with Gasteiger partial charge in [-0.2, -0.15) is 13.2 Å². The Bertz CT molecular complexity index is 950. The first-order valence-corrected chi connectivity index (χ1v) is 12.9. The molecule has 0 radical (unpaired) electrons. The molecule has 11 heteroatoms. The molecule has 2 N–H and O–H groups in total. The predicted molar refractivity (Wildman–Crippen MR) is 119 cm³/mol. The molecular formula is C22H32F3N3O4S. The first-order valence-electron chi connectivity index (χ1n) is 10.8. The molecule has 0 bridgehead atoms. The van der Waals surface area contributed by atoms with Crippen molar-refractivity contribution in [1.29, 1.82) is 0 Å². The fourth-order valence-corrected chi connectivity index (χ4v) is 5.30. The maximum Gasteiger partial charge on any atom is 0.416 e. The zero-order chi connectivity index (χ0) is 25.0. The molecule has 0 aromatic heterocycles. The van der Waals surface area contributed by atoms with Crippen LogP contribution >= 0.6 is 0 Å². The molecule has 3 atom stereocenters. The topological polar surface area (TPSA) is 95.6 Å². The molecule has 2 rings (SSSR count). The van der Waals surface area contributed by atoms with Crippen molar-refractivity contribution < 1.29 is 31.2 Å². The summed E-state index contributed by atoms with van der Waals surface area (Å²) in [4.78, 5) is 26.9. The second-order valence-electron chi connectivity index (χ2n) is 9.01. The van der Waals surface area contributed by atoms with Gasteiger partial charge in [0.1, 0.15) is 9.84 Å². The molecule has 1 saturated carbocycles. The number of hydrogen-bond acceptors (Lipinski definition) is 5. The number of halogens is 3. The average Bonchev–Trinajstić information content (AvgIpc) is 2.71. The molecule has 1 fully saturated rings. The minimum absolute atomic E-state index is 0.0586. The molecule has 33 heavy (non-hydrogen) atoms. The molecular weight excluding hydrogens is 459 g/mol. The van der Waals surface area contributed by atoms with Gasteiger partial charge in [-0.05, 0) is 64.3 Å². The summed E-state index contributed by atoms with van der Waals surface area (Å²) in [5, 5.41) is 5.13. The van der Waals surface area contributed by atoms with Crippen molar-refractivity contribution in [3.63, 3.8) is 0 Å². The quantitative estimate of drug-likeness (QED) is 0.583. The van der Waals surface area contributed by atoms with E-state index in [1.54, 1.807) is 0 Å². The van der Waals surface area contributed by atoms with Crippen LogP contribution in [0.2, 0.25) is 0 Å². The molecule has 0 heterocycles. The number of benzene rings is 1. The van der Waals surface area contributed by atoms with Crippen molar-refractivity contribution in [2.75, 3.05) is 25.6 Å². The summed E-state index contributed by atoms with van der Waals surface area (Å²) in [6.07, 6.45) is -1.42. The van der Waals surface area contributed by atoms with Gasteiger partial charge in [0.05, 0.1) is 17.9 Å². The summed E-state index contributed by atoms with van der Waals surface area (Å²) in [5.74, 6) is -1.65. The smallest absolute Gasteiger partial charge is 0.352 e. The van der Waals surface area contributed by atoms with Gasteiger partial charge in [0, 0.05) is 29.9 Å². The third kappa shape index (κ3) is 8.29. The Labute approximate surface area is 193 Å². The van der Waals surface area contributed by atoms with Crippen LogP contribution in [0.1, 0.15) is 49.0 Å². The van der Waals surface area contributed by atoms with E-state index in [-0.39, 0.29) is 29.3 Å². The number of amides is 2. The van der Waals surface area contributed by atoms with Crippen LogP contribution < -0.4 is 10.6 Å². The fraction of sp³-hybridized carbons (Fsp3) is 0.636. The van der Waals surface area contributed by atoms with E-state index in [1.165, 1.54) is 6.07 Å². The number of sulfone groups is 1. The van der Waals surface area contributed by atoms with E-state index in [0.717, 1.165) is 30.9 Å². The fourth-order valence-electron chi connectivity index (χ4n) is 4.15. The van der Waals surface area contributed by atoms with Crippen LogP contribution in [0.5, 0.6) is 0 Å². The highest BCUT2D eigenvalue weighted by Gasteiger charge is 2.35. The van der Waals surface area contributed by atoms with Gasteiger partial charge in [-0.1, -0.05) is 6.07 Å². The van der Waals surface area contributed by atoms with E-state index < -0.39 is 39.9 Å². The Morgan fingerprint density at radius 2 is 1.88 bits per heavy atom. The van der Waals surface area contributed by atoms with Gasteiger partial charge >= 0.3 is 6.18 Å². The molecule has 186 valence electrons. The lowest BCUT2D eigenvalue weighted by Crippen LogP contribution is -2.52. The normalized spacial score (nSPS) is 21.8. The van der Waals surface area contributed by atoms with E-state index in [0.29, 0.717) is 18.9 Å². The Kier molecular flexibility index (Phi) is 8.92.